The monoisotopic (exact) mass is 352 g/mol. The minimum Gasteiger partial charge on any atom is -0.405 e. The molecule has 2 rings (SSSR count). The zero-order valence-corrected chi connectivity index (χ0v) is 13.7. The molecule has 1 heterocycles. The molecule has 0 fully saturated rings. The Morgan fingerprint density at radius 2 is 1.96 bits per heavy atom. The summed E-state index contributed by atoms with van der Waals surface area (Å²) in [6.45, 7) is 9.15. The van der Waals surface area contributed by atoms with Crippen molar-refractivity contribution in [2.24, 2.45) is 0 Å². The molecule has 0 radical (unpaired) electrons. The van der Waals surface area contributed by atoms with E-state index in [2.05, 4.69) is 27.6 Å². The average Bonchev–Trinajstić information content (AvgIpc) is 2.53. The fraction of sp³-hybridized carbons (Fsp3) is 0.118. The number of benzene rings is 1. The summed E-state index contributed by atoms with van der Waals surface area (Å²) in [5, 5.41) is 0. The number of nitrogens with zero attached hydrogens (tertiary/aromatic N) is 1. The van der Waals surface area contributed by atoms with Crippen LogP contribution in [0, 0.1) is 6.92 Å². The van der Waals surface area contributed by atoms with E-state index >= 15 is 0 Å². The third-order valence-electron chi connectivity index (χ3n) is 2.97. The molecule has 0 saturated heterocycles. The molecule has 0 aliphatic heterocycles. The molecular formula is C17H15F3N2OS. The van der Waals surface area contributed by atoms with Crippen molar-refractivity contribution in [3.05, 3.63) is 60.4 Å². The lowest BCUT2D eigenvalue weighted by atomic mass is 10.2. The van der Waals surface area contributed by atoms with Gasteiger partial charge in [0.1, 0.15) is 5.75 Å². The van der Waals surface area contributed by atoms with E-state index in [1.54, 1.807) is 43.5 Å². The molecule has 126 valence electrons. The minimum absolute atomic E-state index is 0.259. The molecule has 0 spiro atoms. The van der Waals surface area contributed by atoms with Gasteiger partial charge in [-0.15, -0.1) is 13.2 Å². The van der Waals surface area contributed by atoms with Crippen molar-refractivity contribution in [3.63, 3.8) is 0 Å². The Bertz CT molecular complexity index is 760. The molecule has 0 saturated carbocycles. The van der Waals surface area contributed by atoms with Crippen molar-refractivity contribution < 1.29 is 17.9 Å². The molecule has 1 N–H and O–H groups in total. The molecule has 2 aromatic rings. The van der Waals surface area contributed by atoms with Gasteiger partial charge >= 0.3 is 6.36 Å². The van der Waals surface area contributed by atoms with E-state index in [9.17, 15) is 13.2 Å². The molecular weight excluding hydrogens is 337 g/mol. The third-order valence-corrected chi connectivity index (χ3v) is 3.84. The first-order chi connectivity index (χ1) is 11.3. The summed E-state index contributed by atoms with van der Waals surface area (Å²) in [6, 6.07) is 6.24. The summed E-state index contributed by atoms with van der Waals surface area (Å²) in [6.07, 6.45) is 0.0549. The van der Waals surface area contributed by atoms with Gasteiger partial charge in [0.25, 0.3) is 0 Å². The summed E-state index contributed by atoms with van der Waals surface area (Å²) in [5.74, 6) is -0.259. The van der Waals surface area contributed by atoms with Crippen LogP contribution in [0.25, 0.3) is 12.2 Å². The first-order valence-corrected chi connectivity index (χ1v) is 7.68. The quantitative estimate of drug-likeness (QED) is 0.677. The van der Waals surface area contributed by atoms with E-state index in [1.807, 2.05) is 0 Å². The fourth-order valence-electron chi connectivity index (χ4n) is 1.90. The Kier molecular flexibility index (Phi) is 5.56. The second-order valence-corrected chi connectivity index (χ2v) is 5.66. The van der Waals surface area contributed by atoms with Gasteiger partial charge in [-0.2, -0.15) is 0 Å². The molecule has 0 amide bonds. The minimum atomic E-state index is -4.74. The van der Waals surface area contributed by atoms with E-state index in [4.69, 9.17) is 0 Å². The number of halogens is 3. The first-order valence-electron chi connectivity index (χ1n) is 6.86. The first kappa shape index (κ1) is 17.9. The predicted molar refractivity (Wildman–Crippen MR) is 91.8 cm³/mol. The summed E-state index contributed by atoms with van der Waals surface area (Å²) in [7, 11) is 0. The number of ether oxygens (including phenoxy) is 1. The number of hydrogen-bond acceptors (Lipinski definition) is 4. The maximum Gasteiger partial charge on any atom is 0.573 e. The number of aromatic nitrogens is 1. The van der Waals surface area contributed by atoms with Gasteiger partial charge in [0.2, 0.25) is 0 Å². The zero-order chi connectivity index (χ0) is 17.7. The normalized spacial score (nSPS) is 11.0. The Morgan fingerprint density at radius 1 is 1.21 bits per heavy atom. The Balaban J connectivity index is 2.21. The van der Waals surface area contributed by atoms with Crippen LogP contribution in [0.15, 0.2) is 48.5 Å². The summed E-state index contributed by atoms with van der Waals surface area (Å²) in [5.41, 5.74) is 2.89. The van der Waals surface area contributed by atoms with Gasteiger partial charge in [0.05, 0.1) is 22.5 Å². The van der Waals surface area contributed by atoms with Gasteiger partial charge in [-0.1, -0.05) is 25.3 Å². The maximum absolute atomic E-state index is 12.5. The van der Waals surface area contributed by atoms with Crippen LogP contribution < -0.4 is 9.46 Å². The molecule has 1 aromatic carbocycles. The van der Waals surface area contributed by atoms with E-state index < -0.39 is 6.36 Å². The average molecular weight is 352 g/mol. The smallest absolute Gasteiger partial charge is 0.405 e. The van der Waals surface area contributed by atoms with Gasteiger partial charge < -0.3 is 9.46 Å². The Labute approximate surface area is 142 Å². The highest BCUT2D eigenvalue weighted by molar-refractivity contribution is 8.00. The molecule has 24 heavy (non-hydrogen) atoms. The standard InChI is InChI=1S/C17H15F3N2OS/c1-4-12-9-13(10-21-14(12)5-2)22-24-16-8-11(3)6-7-15(16)23-17(18,19)20/h4-10,22H,1-2H2,3H3. The molecule has 7 heteroatoms. The van der Waals surface area contributed by atoms with Crippen LogP contribution in [-0.2, 0) is 0 Å². The van der Waals surface area contributed by atoms with E-state index in [1.165, 1.54) is 6.07 Å². The molecule has 0 aliphatic carbocycles. The number of alkyl halides is 3. The summed E-state index contributed by atoms with van der Waals surface area (Å²) in [4.78, 5) is 4.52. The number of nitrogens with one attached hydrogen (secondary N) is 1. The number of aryl methyl sites for hydroxylation is 1. The van der Waals surface area contributed by atoms with Crippen LogP contribution in [0.2, 0.25) is 0 Å². The Hall–Kier alpha value is -2.41. The summed E-state index contributed by atoms with van der Waals surface area (Å²) >= 11 is 1.01. The highest BCUT2D eigenvalue weighted by atomic mass is 32.2. The largest absolute Gasteiger partial charge is 0.573 e. The second-order valence-electron chi connectivity index (χ2n) is 4.81. The third kappa shape index (κ3) is 4.79. The fourth-order valence-corrected chi connectivity index (χ4v) is 2.69. The van der Waals surface area contributed by atoms with Crippen molar-refractivity contribution in [3.8, 4) is 5.75 Å². The van der Waals surface area contributed by atoms with Crippen molar-refractivity contribution >= 4 is 29.8 Å². The van der Waals surface area contributed by atoms with Crippen LogP contribution in [0.5, 0.6) is 5.75 Å². The van der Waals surface area contributed by atoms with Crippen LogP contribution in [0.3, 0.4) is 0 Å². The molecule has 3 nitrogen and oxygen atoms in total. The van der Waals surface area contributed by atoms with Gasteiger partial charge in [0.15, 0.2) is 0 Å². The predicted octanol–water partition coefficient (Wildman–Crippen LogP) is 5.69. The lowest BCUT2D eigenvalue weighted by molar-refractivity contribution is -0.275. The van der Waals surface area contributed by atoms with Crippen molar-refractivity contribution in [2.75, 3.05) is 4.72 Å². The maximum atomic E-state index is 12.5. The lowest BCUT2D eigenvalue weighted by Gasteiger charge is -2.14. The van der Waals surface area contributed by atoms with Crippen molar-refractivity contribution in [1.82, 2.24) is 4.98 Å². The number of hydrogen-bond donors (Lipinski definition) is 1. The van der Waals surface area contributed by atoms with Crippen molar-refractivity contribution in [1.29, 1.82) is 0 Å². The second kappa shape index (κ2) is 7.44. The van der Waals surface area contributed by atoms with Gasteiger partial charge in [0, 0.05) is 5.56 Å². The SMILES string of the molecule is C=Cc1cc(NSc2cc(C)ccc2OC(F)(F)F)cnc1C=C. The highest BCUT2D eigenvalue weighted by Gasteiger charge is 2.32. The number of rotatable bonds is 6. The molecule has 0 unspecified atom stereocenters. The van der Waals surface area contributed by atoms with Gasteiger partial charge in [-0.3, -0.25) is 4.98 Å². The number of anilines is 1. The van der Waals surface area contributed by atoms with Gasteiger partial charge in [-0.05, 0) is 48.7 Å². The van der Waals surface area contributed by atoms with Crippen LogP contribution >= 0.6 is 11.9 Å². The van der Waals surface area contributed by atoms with E-state index in [-0.39, 0.29) is 5.75 Å². The van der Waals surface area contributed by atoms with Crippen LogP contribution in [0.4, 0.5) is 18.9 Å². The highest BCUT2D eigenvalue weighted by Crippen LogP contribution is 2.34. The van der Waals surface area contributed by atoms with E-state index in [0.29, 0.717) is 16.3 Å². The summed E-state index contributed by atoms with van der Waals surface area (Å²) < 4.78 is 44.5. The van der Waals surface area contributed by atoms with Crippen molar-refractivity contribution in [2.45, 2.75) is 18.2 Å². The molecule has 0 atom stereocenters. The lowest BCUT2D eigenvalue weighted by Crippen LogP contribution is -2.17. The molecule has 0 aliphatic rings. The van der Waals surface area contributed by atoms with Crippen LogP contribution in [-0.4, -0.2) is 11.3 Å². The molecule has 1 aromatic heterocycles. The van der Waals surface area contributed by atoms with Gasteiger partial charge in [-0.25, -0.2) is 0 Å². The Morgan fingerprint density at radius 3 is 2.58 bits per heavy atom. The van der Waals surface area contributed by atoms with Crippen LogP contribution in [0.1, 0.15) is 16.8 Å². The zero-order valence-electron chi connectivity index (χ0n) is 12.9. The van der Waals surface area contributed by atoms with E-state index in [0.717, 1.165) is 23.1 Å². The molecule has 0 bridgehead atoms. The topological polar surface area (TPSA) is 34.1 Å². The number of pyridine rings is 1.